The summed E-state index contributed by atoms with van der Waals surface area (Å²) in [5, 5.41) is 40.1. The Bertz CT molecular complexity index is 1020. The molecule has 1 aliphatic heterocycles. The van der Waals surface area contributed by atoms with Gasteiger partial charge in [0.05, 0.1) is 13.2 Å². The number of carbonyl (C=O) groups excluding carboxylic acids is 2. The molecule has 0 aliphatic carbocycles. The number of aliphatic hydroxyl groups is 4. The molecule has 0 aromatic rings. The molecule has 1 saturated heterocycles. The van der Waals surface area contributed by atoms with Crippen molar-refractivity contribution in [1.82, 2.24) is 0 Å². The summed E-state index contributed by atoms with van der Waals surface area (Å²) in [6, 6.07) is 0. The Morgan fingerprint density at radius 2 is 0.898 bits per heavy atom. The number of aliphatic hydroxyl groups excluding tert-OH is 4. The van der Waals surface area contributed by atoms with E-state index < -0.39 is 49.4 Å². The zero-order chi connectivity index (χ0) is 43.0. The van der Waals surface area contributed by atoms with Gasteiger partial charge in [-0.25, -0.2) is 0 Å². The van der Waals surface area contributed by atoms with Crippen molar-refractivity contribution in [2.45, 2.75) is 256 Å². The van der Waals surface area contributed by atoms with Gasteiger partial charge in [0.25, 0.3) is 0 Å². The molecular weight excluding hydrogens is 749 g/mol. The lowest BCUT2D eigenvalue weighted by molar-refractivity contribution is -0.305. The van der Waals surface area contributed by atoms with Gasteiger partial charge in [-0.2, -0.15) is 0 Å². The number of hydrogen-bond acceptors (Lipinski definition) is 10. The van der Waals surface area contributed by atoms with Gasteiger partial charge in [-0.05, 0) is 64.2 Å². The maximum Gasteiger partial charge on any atom is 0.306 e. The lowest BCUT2D eigenvalue weighted by atomic mass is 9.99. The molecule has 346 valence electrons. The Labute approximate surface area is 360 Å². The number of carbonyl (C=O) groups is 2. The van der Waals surface area contributed by atoms with Crippen LogP contribution in [0.2, 0.25) is 0 Å². The molecule has 6 atom stereocenters. The topological polar surface area (TPSA) is 152 Å². The minimum absolute atomic E-state index is 0.220. The maximum atomic E-state index is 12.8. The number of ether oxygens (including phenoxy) is 4. The average molecular weight is 839 g/mol. The Balaban J connectivity index is 2.27. The summed E-state index contributed by atoms with van der Waals surface area (Å²) in [7, 11) is 0. The molecule has 0 bridgehead atoms. The van der Waals surface area contributed by atoms with Crippen LogP contribution in [0.1, 0.15) is 219 Å². The van der Waals surface area contributed by atoms with Crippen molar-refractivity contribution in [2.75, 3.05) is 19.8 Å². The molecule has 1 fully saturated rings. The molecule has 4 N–H and O–H groups in total. The zero-order valence-electron chi connectivity index (χ0n) is 37.8. The van der Waals surface area contributed by atoms with E-state index in [4.69, 9.17) is 18.9 Å². The van der Waals surface area contributed by atoms with E-state index in [0.717, 1.165) is 57.8 Å². The molecule has 1 aliphatic rings. The minimum atomic E-state index is -1.59. The molecule has 0 aromatic heterocycles. The lowest BCUT2D eigenvalue weighted by Gasteiger charge is -2.39. The summed E-state index contributed by atoms with van der Waals surface area (Å²) >= 11 is 0. The van der Waals surface area contributed by atoms with Gasteiger partial charge in [-0.3, -0.25) is 9.59 Å². The van der Waals surface area contributed by atoms with Gasteiger partial charge >= 0.3 is 11.9 Å². The monoisotopic (exact) mass is 839 g/mol. The molecule has 0 spiro atoms. The second kappa shape index (κ2) is 40.3. The largest absolute Gasteiger partial charge is 0.462 e. The number of esters is 2. The Morgan fingerprint density at radius 3 is 1.34 bits per heavy atom. The van der Waals surface area contributed by atoms with Crippen molar-refractivity contribution in [3.05, 3.63) is 24.3 Å². The van der Waals surface area contributed by atoms with Crippen molar-refractivity contribution >= 4 is 11.9 Å². The first-order valence-electron chi connectivity index (χ1n) is 24.4. The third kappa shape index (κ3) is 31.7. The summed E-state index contributed by atoms with van der Waals surface area (Å²) in [5.41, 5.74) is 0. The summed E-state index contributed by atoms with van der Waals surface area (Å²) in [4.78, 5) is 25.4. The van der Waals surface area contributed by atoms with Gasteiger partial charge in [-0.15, -0.1) is 0 Å². The molecule has 0 saturated carbocycles. The van der Waals surface area contributed by atoms with E-state index in [1.165, 1.54) is 128 Å². The van der Waals surface area contributed by atoms with Crippen molar-refractivity contribution in [3.8, 4) is 0 Å². The average Bonchev–Trinajstić information content (AvgIpc) is 3.23. The first-order chi connectivity index (χ1) is 28.8. The molecule has 59 heavy (non-hydrogen) atoms. The molecule has 0 amide bonds. The highest BCUT2D eigenvalue weighted by molar-refractivity contribution is 5.70. The summed E-state index contributed by atoms with van der Waals surface area (Å²) < 4.78 is 22.2. The molecule has 0 radical (unpaired) electrons. The predicted molar refractivity (Wildman–Crippen MR) is 238 cm³/mol. The third-order valence-electron chi connectivity index (χ3n) is 11.3. The fourth-order valence-electron chi connectivity index (χ4n) is 7.41. The van der Waals surface area contributed by atoms with E-state index in [0.29, 0.717) is 6.42 Å². The van der Waals surface area contributed by atoms with Gasteiger partial charge in [-0.1, -0.05) is 167 Å². The fourth-order valence-corrected chi connectivity index (χ4v) is 7.41. The van der Waals surface area contributed by atoms with Crippen LogP contribution in [0.4, 0.5) is 0 Å². The normalized spacial score (nSPS) is 20.1. The molecule has 10 heteroatoms. The van der Waals surface area contributed by atoms with Crippen LogP contribution in [0.5, 0.6) is 0 Å². The summed E-state index contributed by atoms with van der Waals surface area (Å²) in [5.74, 6) is -0.812. The van der Waals surface area contributed by atoms with E-state index in [9.17, 15) is 30.0 Å². The highest BCUT2D eigenvalue weighted by atomic mass is 16.7. The van der Waals surface area contributed by atoms with Crippen LogP contribution in [0, 0.1) is 0 Å². The molecule has 6 unspecified atom stereocenters. The van der Waals surface area contributed by atoms with E-state index in [1.807, 2.05) is 0 Å². The molecule has 1 heterocycles. The minimum Gasteiger partial charge on any atom is -0.462 e. The van der Waals surface area contributed by atoms with Crippen LogP contribution in [0.3, 0.4) is 0 Å². The van der Waals surface area contributed by atoms with Crippen molar-refractivity contribution in [3.63, 3.8) is 0 Å². The van der Waals surface area contributed by atoms with Gasteiger partial charge in [0.2, 0.25) is 0 Å². The van der Waals surface area contributed by atoms with E-state index >= 15 is 0 Å². The predicted octanol–water partition coefficient (Wildman–Crippen LogP) is 10.9. The molecule has 0 aromatic carbocycles. The van der Waals surface area contributed by atoms with Crippen molar-refractivity contribution in [1.29, 1.82) is 0 Å². The van der Waals surface area contributed by atoms with Gasteiger partial charge in [0.15, 0.2) is 12.4 Å². The SMILES string of the molecule is CCCCCC/C=C\CCCCCCCC(=O)OCC(COC1OC(CO)C(O)C(O)C1O)OC(=O)CCCCCCCCCCC/C=C\CCCCCCCCCC. The van der Waals surface area contributed by atoms with Gasteiger partial charge < -0.3 is 39.4 Å². The second-order valence-corrected chi connectivity index (χ2v) is 16.9. The number of hydrogen-bond donors (Lipinski definition) is 4. The number of allylic oxidation sites excluding steroid dienone is 4. The van der Waals surface area contributed by atoms with Gasteiger partial charge in [0.1, 0.15) is 31.0 Å². The van der Waals surface area contributed by atoms with E-state index in [1.54, 1.807) is 0 Å². The van der Waals surface area contributed by atoms with Crippen LogP contribution < -0.4 is 0 Å². The molecule has 1 rings (SSSR count). The first kappa shape index (κ1) is 55.2. The fraction of sp³-hybridized carbons (Fsp3) is 0.878. The third-order valence-corrected chi connectivity index (χ3v) is 11.3. The first-order valence-corrected chi connectivity index (χ1v) is 24.4. The van der Waals surface area contributed by atoms with Crippen LogP contribution in [0.25, 0.3) is 0 Å². The van der Waals surface area contributed by atoms with Gasteiger partial charge in [0, 0.05) is 12.8 Å². The Kier molecular flexibility index (Phi) is 37.7. The Morgan fingerprint density at radius 1 is 0.508 bits per heavy atom. The maximum absolute atomic E-state index is 12.8. The van der Waals surface area contributed by atoms with Crippen LogP contribution >= 0.6 is 0 Å². The zero-order valence-corrected chi connectivity index (χ0v) is 37.8. The standard InChI is InChI=1S/C49H90O10/c1-3-5-7-9-11-13-15-17-18-19-20-21-22-23-24-26-28-30-32-34-36-38-45(52)58-42(41-57-49-48(55)47(54)46(53)43(39-50)59-49)40-56-44(51)37-35-33-31-29-27-25-16-14-12-10-8-6-4-2/h14,16,19-20,42-43,46-50,53-55H,3-13,15,17-18,21-41H2,1-2H3/b16-14-,20-19-. The smallest absolute Gasteiger partial charge is 0.306 e. The van der Waals surface area contributed by atoms with Crippen molar-refractivity contribution < 1.29 is 49.0 Å². The number of rotatable bonds is 41. The van der Waals surface area contributed by atoms with Crippen molar-refractivity contribution in [2.24, 2.45) is 0 Å². The second-order valence-electron chi connectivity index (χ2n) is 16.9. The lowest BCUT2D eigenvalue weighted by Crippen LogP contribution is -2.59. The quantitative estimate of drug-likeness (QED) is 0.0266. The van der Waals surface area contributed by atoms with Crippen LogP contribution in [0.15, 0.2) is 24.3 Å². The Hall–Kier alpha value is -1.82. The number of unbranched alkanes of at least 4 members (excludes halogenated alkanes) is 26. The molecular formula is C49H90O10. The molecule has 10 nitrogen and oxygen atoms in total. The summed E-state index contributed by atoms with van der Waals surface area (Å²) in [6.45, 7) is 3.42. The van der Waals surface area contributed by atoms with E-state index in [-0.39, 0.29) is 32.0 Å². The highest BCUT2D eigenvalue weighted by Crippen LogP contribution is 2.23. The highest BCUT2D eigenvalue weighted by Gasteiger charge is 2.44. The van der Waals surface area contributed by atoms with Crippen LogP contribution in [-0.2, 0) is 28.5 Å². The van der Waals surface area contributed by atoms with Crippen LogP contribution in [-0.4, -0.2) is 89.0 Å². The van der Waals surface area contributed by atoms with E-state index in [2.05, 4.69) is 38.2 Å². The summed E-state index contributed by atoms with van der Waals surface area (Å²) in [6.07, 6.45) is 37.6.